The van der Waals surface area contributed by atoms with Crippen molar-refractivity contribution >= 4 is 55.8 Å². The molecule has 1 aromatic carbocycles. The molecule has 0 radical (unpaired) electrons. The topological polar surface area (TPSA) is 113 Å². The molecule has 0 bridgehead atoms. The predicted octanol–water partition coefficient (Wildman–Crippen LogP) is 2.99. The van der Waals surface area contributed by atoms with Gasteiger partial charge in [0.25, 0.3) is 5.91 Å². The lowest BCUT2D eigenvalue weighted by atomic mass is 10.3. The second-order valence-electron chi connectivity index (χ2n) is 5.57. The van der Waals surface area contributed by atoms with Crippen molar-refractivity contribution in [2.75, 3.05) is 14.2 Å². The third kappa shape index (κ3) is 4.58. The van der Waals surface area contributed by atoms with E-state index in [0.29, 0.717) is 20.9 Å². The molecule has 0 saturated carbocycles. The Balaban J connectivity index is 2.00. The number of hydrogen-bond acceptors (Lipinski definition) is 8. The lowest BCUT2D eigenvalue weighted by Gasteiger charge is -2.07. The Labute approximate surface area is 172 Å². The van der Waals surface area contributed by atoms with Gasteiger partial charge in [-0.25, -0.2) is 0 Å². The Morgan fingerprint density at radius 2 is 2.03 bits per heavy atom. The molecule has 3 rings (SSSR count). The molecular weight excluding hydrogens is 418 g/mol. The van der Waals surface area contributed by atoms with E-state index in [0.717, 1.165) is 16.0 Å². The zero-order chi connectivity index (χ0) is 21.0. The van der Waals surface area contributed by atoms with Crippen LogP contribution in [0.15, 0.2) is 41.4 Å². The summed E-state index contributed by atoms with van der Waals surface area (Å²) in [5.41, 5.74) is 0.634. The van der Waals surface area contributed by atoms with E-state index < -0.39 is 16.8 Å². The zero-order valence-electron chi connectivity index (χ0n) is 15.4. The Kier molecular flexibility index (Phi) is 6.20. The number of aromatic nitrogens is 1. The molecule has 3 aromatic rings. The number of nitro groups is 1. The van der Waals surface area contributed by atoms with Crippen LogP contribution < -0.4 is 9.54 Å². The summed E-state index contributed by atoms with van der Waals surface area (Å²) in [6.45, 7) is -0.135. The average molecular weight is 433 g/mol. The number of nitrogens with zero attached hydrogens (tertiary/aromatic N) is 3. The van der Waals surface area contributed by atoms with Crippen LogP contribution in [0.25, 0.3) is 16.3 Å². The normalized spacial score (nSPS) is 11.9. The number of carbonyl (C=O) groups is 2. The highest BCUT2D eigenvalue weighted by molar-refractivity contribution is 7.16. The summed E-state index contributed by atoms with van der Waals surface area (Å²) in [5, 5.41) is 10.7. The number of benzene rings is 1. The summed E-state index contributed by atoms with van der Waals surface area (Å²) in [4.78, 5) is 39.4. The van der Waals surface area contributed by atoms with E-state index in [9.17, 15) is 19.7 Å². The lowest BCUT2D eigenvalue weighted by molar-refractivity contribution is -0.380. The van der Waals surface area contributed by atoms with E-state index in [2.05, 4.69) is 4.99 Å². The molecule has 29 heavy (non-hydrogen) atoms. The van der Waals surface area contributed by atoms with Crippen LogP contribution in [-0.2, 0) is 20.9 Å². The minimum absolute atomic E-state index is 0.0124. The molecule has 2 aromatic heterocycles. The fourth-order valence-electron chi connectivity index (χ4n) is 2.50. The number of rotatable bonds is 6. The Hall–Kier alpha value is -3.31. The van der Waals surface area contributed by atoms with Crippen molar-refractivity contribution in [2.24, 2.45) is 4.99 Å². The van der Waals surface area contributed by atoms with Gasteiger partial charge in [0.05, 0.1) is 23.8 Å². The van der Waals surface area contributed by atoms with Gasteiger partial charge in [-0.1, -0.05) is 28.7 Å². The zero-order valence-corrected chi connectivity index (χ0v) is 17.0. The smallest absolute Gasteiger partial charge is 0.325 e. The van der Waals surface area contributed by atoms with Gasteiger partial charge in [-0.05, 0) is 24.3 Å². The maximum atomic E-state index is 12.3. The van der Waals surface area contributed by atoms with Gasteiger partial charge in [-0.2, -0.15) is 4.99 Å². The van der Waals surface area contributed by atoms with Gasteiger partial charge < -0.3 is 14.0 Å². The summed E-state index contributed by atoms with van der Waals surface area (Å²) < 4.78 is 12.5. The van der Waals surface area contributed by atoms with Crippen LogP contribution in [-0.4, -0.2) is 35.6 Å². The lowest BCUT2D eigenvalue weighted by Crippen LogP contribution is -2.22. The molecule has 0 aliphatic heterocycles. The first-order valence-electron chi connectivity index (χ1n) is 8.17. The molecule has 150 valence electrons. The first kappa shape index (κ1) is 20.4. The SMILES string of the molecule is COC(=O)Cn1c(=NC(=O)C=Cc2ccc([N+](=O)[O-])s2)sc2cccc(OC)c21. The highest BCUT2D eigenvalue weighted by Gasteiger charge is 2.15. The van der Waals surface area contributed by atoms with Gasteiger partial charge in [-0.15, -0.1) is 0 Å². The molecule has 0 spiro atoms. The molecular formula is C18H15N3O6S2. The number of carbonyl (C=O) groups excluding carboxylic acids is 2. The van der Waals surface area contributed by atoms with Gasteiger partial charge in [0, 0.05) is 17.0 Å². The quantitative estimate of drug-likeness (QED) is 0.256. The van der Waals surface area contributed by atoms with Gasteiger partial charge in [0.15, 0.2) is 4.80 Å². The number of methoxy groups -OCH3 is 2. The first-order chi connectivity index (χ1) is 13.9. The van der Waals surface area contributed by atoms with Crippen LogP contribution in [0.3, 0.4) is 0 Å². The van der Waals surface area contributed by atoms with Crippen molar-refractivity contribution in [3.8, 4) is 5.75 Å². The molecule has 0 unspecified atom stereocenters. The minimum Gasteiger partial charge on any atom is -0.495 e. The highest BCUT2D eigenvalue weighted by atomic mass is 32.1. The number of thiazole rings is 1. The van der Waals surface area contributed by atoms with Crippen LogP contribution in [0.2, 0.25) is 0 Å². The number of para-hydroxylation sites is 1. The van der Waals surface area contributed by atoms with Crippen molar-refractivity contribution in [3.63, 3.8) is 0 Å². The second kappa shape index (κ2) is 8.80. The Morgan fingerprint density at radius 3 is 2.69 bits per heavy atom. The summed E-state index contributed by atoms with van der Waals surface area (Å²) in [7, 11) is 2.79. The maximum Gasteiger partial charge on any atom is 0.325 e. The standard InChI is InChI=1S/C18H15N3O6S2/c1-26-12-4-3-5-13-17(12)20(10-16(23)27-2)18(29-13)19-14(22)8-6-11-7-9-15(28-11)21(24)25/h3-9H,10H2,1-2H3. The third-order valence-corrected chi connectivity index (χ3v) is 5.83. The predicted molar refractivity (Wildman–Crippen MR) is 109 cm³/mol. The maximum absolute atomic E-state index is 12.3. The van der Waals surface area contributed by atoms with Gasteiger partial charge in [0.2, 0.25) is 0 Å². The van der Waals surface area contributed by atoms with E-state index >= 15 is 0 Å². The van der Waals surface area contributed by atoms with Crippen molar-refractivity contribution < 1.29 is 24.0 Å². The molecule has 0 saturated heterocycles. The number of fused-ring (bicyclic) bond motifs is 1. The van der Waals surface area contributed by atoms with Gasteiger partial charge >= 0.3 is 11.0 Å². The van der Waals surface area contributed by atoms with Crippen LogP contribution in [0.5, 0.6) is 5.75 Å². The number of ether oxygens (including phenoxy) is 2. The fourth-order valence-corrected chi connectivity index (χ4v) is 4.28. The van der Waals surface area contributed by atoms with Crippen molar-refractivity contribution in [1.29, 1.82) is 0 Å². The van der Waals surface area contributed by atoms with Crippen molar-refractivity contribution in [1.82, 2.24) is 4.57 Å². The minimum atomic E-state index is -0.565. The molecule has 11 heteroatoms. The number of esters is 1. The van der Waals surface area contributed by atoms with Crippen molar-refractivity contribution in [3.05, 3.63) is 56.2 Å². The summed E-state index contributed by atoms with van der Waals surface area (Å²) >= 11 is 2.18. The third-order valence-electron chi connectivity index (χ3n) is 3.79. The molecule has 0 fully saturated rings. The molecule has 0 N–H and O–H groups in total. The fraction of sp³-hybridized carbons (Fsp3) is 0.167. The molecule has 0 aliphatic rings. The van der Waals surface area contributed by atoms with E-state index in [1.165, 1.54) is 43.8 Å². The molecule has 1 amide bonds. The molecule has 9 nitrogen and oxygen atoms in total. The summed E-state index contributed by atoms with van der Waals surface area (Å²) in [5.74, 6) is -0.519. The van der Waals surface area contributed by atoms with Crippen LogP contribution in [0, 0.1) is 10.1 Å². The van der Waals surface area contributed by atoms with Crippen LogP contribution >= 0.6 is 22.7 Å². The van der Waals surface area contributed by atoms with E-state index in [4.69, 9.17) is 9.47 Å². The first-order valence-corrected chi connectivity index (χ1v) is 9.80. The largest absolute Gasteiger partial charge is 0.495 e. The van der Waals surface area contributed by atoms with Crippen molar-refractivity contribution in [2.45, 2.75) is 6.54 Å². The van der Waals surface area contributed by atoms with Crippen LogP contribution in [0.4, 0.5) is 5.00 Å². The van der Waals surface area contributed by atoms with E-state index in [1.807, 2.05) is 6.07 Å². The Bertz CT molecular complexity index is 1190. The van der Waals surface area contributed by atoms with Crippen LogP contribution in [0.1, 0.15) is 4.88 Å². The highest BCUT2D eigenvalue weighted by Crippen LogP contribution is 2.27. The van der Waals surface area contributed by atoms with Gasteiger partial charge in [-0.3, -0.25) is 19.7 Å². The monoisotopic (exact) mass is 433 g/mol. The number of amides is 1. The van der Waals surface area contributed by atoms with Gasteiger partial charge in [0.1, 0.15) is 17.8 Å². The average Bonchev–Trinajstić information content (AvgIpc) is 3.31. The number of thiophene rings is 1. The molecule has 2 heterocycles. The van der Waals surface area contributed by atoms with E-state index in [-0.39, 0.29) is 11.5 Å². The molecule has 0 atom stereocenters. The second-order valence-corrected chi connectivity index (χ2v) is 7.67. The Morgan fingerprint density at radius 1 is 1.24 bits per heavy atom. The number of hydrogen-bond donors (Lipinski definition) is 0. The molecule has 0 aliphatic carbocycles. The van der Waals surface area contributed by atoms with E-state index in [1.54, 1.807) is 22.8 Å². The summed E-state index contributed by atoms with van der Waals surface area (Å²) in [6, 6.07) is 8.30. The summed E-state index contributed by atoms with van der Waals surface area (Å²) in [6.07, 6.45) is 2.68.